The van der Waals surface area contributed by atoms with E-state index >= 15 is 0 Å². The summed E-state index contributed by atoms with van der Waals surface area (Å²) in [6.45, 7) is 8.00. The van der Waals surface area contributed by atoms with Crippen LogP contribution in [0.1, 0.15) is 16.7 Å². The van der Waals surface area contributed by atoms with Crippen molar-refractivity contribution in [2.45, 2.75) is 6.92 Å². The molecule has 2 aromatic carbocycles. The number of hydrogen-bond acceptors (Lipinski definition) is 8. The van der Waals surface area contributed by atoms with Crippen LogP contribution in [0.15, 0.2) is 59.2 Å². The summed E-state index contributed by atoms with van der Waals surface area (Å²) < 4.78 is 27.8. The highest BCUT2D eigenvalue weighted by Crippen LogP contribution is 2.21. The van der Waals surface area contributed by atoms with E-state index in [1.165, 1.54) is 0 Å². The van der Waals surface area contributed by atoms with Crippen molar-refractivity contribution in [3.8, 4) is 0 Å². The molecular weight excluding hydrogens is 448 g/mol. The SMILES string of the molecule is Cc1ccc(C2=N/C(=C/c3ccc(N4CCOCCOCCOCCOCC4)cc3)C(=O)O2)cc1. The molecule has 2 aliphatic rings. The standard InChI is InChI=1S/C27H32N2O6/c1-21-2-6-23(7-3-21)26-28-25(27(30)35-26)20-22-4-8-24(9-5-22)29-10-12-31-14-16-33-18-19-34-17-15-32-13-11-29/h2-9,20H,10-19H2,1H3/b25-20+. The van der Waals surface area contributed by atoms with Gasteiger partial charge in [0.15, 0.2) is 5.70 Å². The van der Waals surface area contributed by atoms with Gasteiger partial charge in [-0.25, -0.2) is 9.79 Å². The van der Waals surface area contributed by atoms with Crippen molar-refractivity contribution in [1.29, 1.82) is 0 Å². The summed E-state index contributed by atoms with van der Waals surface area (Å²) in [5.41, 5.74) is 4.12. The Balaban J connectivity index is 1.40. The molecule has 0 spiro atoms. The van der Waals surface area contributed by atoms with Gasteiger partial charge in [-0.1, -0.05) is 29.8 Å². The Labute approximate surface area is 206 Å². The zero-order chi connectivity index (χ0) is 24.3. The second-order valence-corrected chi connectivity index (χ2v) is 8.23. The van der Waals surface area contributed by atoms with Crippen LogP contribution in [0.5, 0.6) is 0 Å². The topological polar surface area (TPSA) is 78.8 Å². The predicted octanol–water partition coefficient (Wildman–Crippen LogP) is 3.23. The van der Waals surface area contributed by atoms with Crippen molar-refractivity contribution in [2.24, 2.45) is 4.99 Å². The lowest BCUT2D eigenvalue weighted by atomic mass is 10.1. The van der Waals surface area contributed by atoms with E-state index in [1.54, 1.807) is 6.08 Å². The Hall–Kier alpha value is -3.04. The third-order valence-electron chi connectivity index (χ3n) is 5.61. The number of aryl methyl sites for hydroxylation is 1. The first-order valence-electron chi connectivity index (χ1n) is 11.9. The van der Waals surface area contributed by atoms with E-state index in [4.69, 9.17) is 23.7 Å². The number of aliphatic imine (C=N–C) groups is 1. The fraction of sp³-hybridized carbons (Fsp3) is 0.407. The molecular formula is C27H32N2O6. The minimum Gasteiger partial charge on any atom is -0.402 e. The summed E-state index contributed by atoms with van der Waals surface area (Å²) >= 11 is 0. The van der Waals surface area contributed by atoms with Crippen LogP contribution in [0.2, 0.25) is 0 Å². The molecule has 1 saturated heterocycles. The van der Waals surface area contributed by atoms with Gasteiger partial charge in [0.25, 0.3) is 0 Å². The summed E-state index contributed by atoms with van der Waals surface area (Å²) in [5, 5.41) is 0. The number of cyclic esters (lactones) is 1. The lowest BCUT2D eigenvalue weighted by Gasteiger charge is -2.25. The van der Waals surface area contributed by atoms with E-state index in [2.05, 4.69) is 9.89 Å². The monoisotopic (exact) mass is 480 g/mol. The molecule has 186 valence electrons. The highest BCUT2D eigenvalue weighted by Gasteiger charge is 2.24. The van der Waals surface area contributed by atoms with E-state index in [1.807, 2.05) is 55.5 Å². The molecule has 0 radical (unpaired) electrons. The van der Waals surface area contributed by atoms with Crippen molar-refractivity contribution in [3.63, 3.8) is 0 Å². The van der Waals surface area contributed by atoms with Crippen molar-refractivity contribution in [3.05, 3.63) is 70.9 Å². The number of carbonyl (C=O) groups is 1. The Morgan fingerprint density at radius 3 is 1.86 bits per heavy atom. The summed E-state index contributed by atoms with van der Waals surface area (Å²) in [6.07, 6.45) is 1.74. The normalized spacial score (nSPS) is 20.1. The molecule has 2 aromatic rings. The van der Waals surface area contributed by atoms with Gasteiger partial charge in [0.2, 0.25) is 5.90 Å². The molecule has 0 saturated carbocycles. The van der Waals surface area contributed by atoms with Crippen LogP contribution >= 0.6 is 0 Å². The van der Waals surface area contributed by atoms with Gasteiger partial charge in [-0.15, -0.1) is 0 Å². The second-order valence-electron chi connectivity index (χ2n) is 8.23. The number of ether oxygens (including phenoxy) is 5. The molecule has 0 amide bonds. The smallest absolute Gasteiger partial charge is 0.363 e. The Kier molecular flexibility index (Phi) is 9.42. The van der Waals surface area contributed by atoms with Gasteiger partial charge in [-0.2, -0.15) is 0 Å². The molecule has 1 fully saturated rings. The summed E-state index contributed by atoms with van der Waals surface area (Å²) in [7, 11) is 0. The van der Waals surface area contributed by atoms with Gasteiger partial charge in [-0.3, -0.25) is 0 Å². The molecule has 0 bridgehead atoms. The van der Waals surface area contributed by atoms with Crippen LogP contribution in [0.25, 0.3) is 6.08 Å². The first-order chi connectivity index (χ1) is 17.2. The van der Waals surface area contributed by atoms with E-state index < -0.39 is 5.97 Å². The van der Waals surface area contributed by atoms with Crippen LogP contribution in [0.3, 0.4) is 0 Å². The number of anilines is 1. The number of esters is 1. The minimum atomic E-state index is -0.447. The maximum absolute atomic E-state index is 12.3. The van der Waals surface area contributed by atoms with E-state index in [-0.39, 0.29) is 5.70 Å². The van der Waals surface area contributed by atoms with Gasteiger partial charge in [0, 0.05) is 24.3 Å². The zero-order valence-corrected chi connectivity index (χ0v) is 20.1. The van der Waals surface area contributed by atoms with Gasteiger partial charge >= 0.3 is 5.97 Å². The lowest BCUT2D eigenvalue weighted by Crippen LogP contribution is -2.31. The third-order valence-corrected chi connectivity index (χ3v) is 5.61. The first-order valence-corrected chi connectivity index (χ1v) is 11.9. The predicted molar refractivity (Wildman–Crippen MR) is 134 cm³/mol. The average molecular weight is 481 g/mol. The first kappa shape index (κ1) is 25.1. The number of carbonyl (C=O) groups excluding carboxylic acids is 1. The molecule has 0 aliphatic carbocycles. The summed E-state index contributed by atoms with van der Waals surface area (Å²) in [4.78, 5) is 19.0. The number of nitrogens with zero attached hydrogens (tertiary/aromatic N) is 2. The van der Waals surface area contributed by atoms with Crippen molar-refractivity contribution < 1.29 is 28.5 Å². The van der Waals surface area contributed by atoms with E-state index in [0.717, 1.165) is 35.5 Å². The Bertz CT molecular complexity index is 1000. The molecule has 0 N–H and O–H groups in total. The molecule has 35 heavy (non-hydrogen) atoms. The third kappa shape index (κ3) is 7.73. The number of benzene rings is 2. The minimum absolute atomic E-state index is 0.286. The second kappa shape index (κ2) is 13.2. The quantitative estimate of drug-likeness (QED) is 0.493. The highest BCUT2D eigenvalue weighted by molar-refractivity contribution is 6.12. The lowest BCUT2D eigenvalue weighted by molar-refractivity contribution is -0.129. The number of rotatable bonds is 3. The fourth-order valence-corrected chi connectivity index (χ4v) is 3.65. The molecule has 0 aromatic heterocycles. The van der Waals surface area contributed by atoms with Gasteiger partial charge in [0.05, 0.1) is 52.9 Å². The molecule has 8 nitrogen and oxygen atoms in total. The molecule has 8 heteroatoms. The largest absolute Gasteiger partial charge is 0.402 e. The van der Waals surface area contributed by atoms with Gasteiger partial charge < -0.3 is 28.6 Å². The summed E-state index contributed by atoms with van der Waals surface area (Å²) in [6, 6.07) is 15.7. The van der Waals surface area contributed by atoms with Crippen LogP contribution in [0.4, 0.5) is 5.69 Å². The molecule has 4 rings (SSSR count). The van der Waals surface area contributed by atoms with Crippen molar-refractivity contribution in [2.75, 3.05) is 70.8 Å². The van der Waals surface area contributed by atoms with Crippen LogP contribution < -0.4 is 4.90 Å². The highest BCUT2D eigenvalue weighted by atomic mass is 16.6. The average Bonchev–Trinajstić information content (AvgIpc) is 3.22. The summed E-state index contributed by atoms with van der Waals surface area (Å²) in [5.74, 6) is -0.118. The Morgan fingerprint density at radius 1 is 0.743 bits per heavy atom. The number of hydrogen-bond donors (Lipinski definition) is 0. The van der Waals surface area contributed by atoms with Gasteiger partial charge in [-0.05, 0) is 42.8 Å². The van der Waals surface area contributed by atoms with Crippen LogP contribution in [-0.2, 0) is 28.5 Å². The maximum Gasteiger partial charge on any atom is 0.363 e. The zero-order valence-electron chi connectivity index (χ0n) is 20.1. The Morgan fingerprint density at radius 2 is 1.29 bits per heavy atom. The van der Waals surface area contributed by atoms with Crippen LogP contribution in [-0.4, -0.2) is 77.8 Å². The molecule has 2 heterocycles. The van der Waals surface area contributed by atoms with E-state index in [9.17, 15) is 4.79 Å². The molecule has 0 unspecified atom stereocenters. The van der Waals surface area contributed by atoms with Crippen molar-refractivity contribution >= 4 is 23.6 Å². The molecule has 2 aliphatic heterocycles. The van der Waals surface area contributed by atoms with Crippen LogP contribution in [0, 0.1) is 6.92 Å². The maximum atomic E-state index is 12.3. The van der Waals surface area contributed by atoms with Crippen molar-refractivity contribution in [1.82, 2.24) is 0 Å². The van der Waals surface area contributed by atoms with Gasteiger partial charge in [0.1, 0.15) is 0 Å². The van der Waals surface area contributed by atoms with E-state index in [0.29, 0.717) is 58.8 Å². The molecule has 0 atom stereocenters. The fourth-order valence-electron chi connectivity index (χ4n) is 3.65.